The lowest BCUT2D eigenvalue weighted by atomic mass is 10.2. The Morgan fingerprint density at radius 3 is 2.29 bits per heavy atom. The van der Waals surface area contributed by atoms with E-state index in [0.717, 1.165) is 0 Å². The zero-order valence-electron chi connectivity index (χ0n) is 13.8. The van der Waals surface area contributed by atoms with Crippen LogP contribution in [0.5, 0.6) is 0 Å². The van der Waals surface area contributed by atoms with Crippen LogP contribution in [0.3, 0.4) is 0 Å². The van der Waals surface area contributed by atoms with Crippen molar-refractivity contribution in [3.63, 3.8) is 0 Å². The van der Waals surface area contributed by atoms with Gasteiger partial charge < -0.3 is 14.8 Å². The summed E-state index contributed by atoms with van der Waals surface area (Å²) in [5.74, 6) is -0.535. The van der Waals surface area contributed by atoms with Crippen molar-refractivity contribution in [2.75, 3.05) is 0 Å². The van der Waals surface area contributed by atoms with Crippen molar-refractivity contribution in [1.82, 2.24) is 5.32 Å². The van der Waals surface area contributed by atoms with E-state index >= 15 is 0 Å². The largest absolute Gasteiger partial charge is 0.459 e. The lowest BCUT2D eigenvalue weighted by Gasteiger charge is -2.22. The number of amides is 1. The summed E-state index contributed by atoms with van der Waals surface area (Å²) in [5.41, 5.74) is -1.08. The highest BCUT2D eigenvalue weighted by Crippen LogP contribution is 2.37. The maximum Gasteiger partial charge on any atom is 0.408 e. The fourth-order valence-corrected chi connectivity index (χ4v) is 2.01. The van der Waals surface area contributed by atoms with Crippen LogP contribution in [-0.2, 0) is 20.9 Å². The second-order valence-corrected chi connectivity index (χ2v) is 6.71. The predicted molar refractivity (Wildman–Crippen MR) is 84.2 cm³/mol. The lowest BCUT2D eigenvalue weighted by Crippen LogP contribution is -2.46. The number of carbonyl (C=O) groups excluding carboxylic acids is 2. The molecule has 0 atom stereocenters. The quantitative estimate of drug-likeness (QED) is 0.503. The second kappa shape index (κ2) is 6.46. The third-order valence-corrected chi connectivity index (χ3v) is 3.40. The van der Waals surface area contributed by atoms with Crippen LogP contribution in [0.4, 0.5) is 10.5 Å². The first kappa shape index (κ1) is 17.7. The van der Waals surface area contributed by atoms with E-state index in [2.05, 4.69) is 5.32 Å². The number of hydrogen-bond donors (Lipinski definition) is 1. The molecule has 1 saturated carbocycles. The predicted octanol–water partition coefficient (Wildman–Crippen LogP) is 2.70. The summed E-state index contributed by atoms with van der Waals surface area (Å²) in [6, 6.07) is 5.72. The Labute approximate surface area is 139 Å². The van der Waals surface area contributed by atoms with E-state index in [1.165, 1.54) is 24.3 Å². The van der Waals surface area contributed by atoms with Crippen LogP contribution < -0.4 is 5.32 Å². The van der Waals surface area contributed by atoms with E-state index < -0.39 is 28.1 Å². The minimum atomic E-state index is -1.02. The molecule has 1 aromatic rings. The third-order valence-electron chi connectivity index (χ3n) is 3.40. The number of alkyl carbamates (subject to hydrolysis) is 1. The topological polar surface area (TPSA) is 108 Å². The molecule has 1 amide bonds. The average molecular weight is 336 g/mol. The third kappa shape index (κ3) is 4.68. The Balaban J connectivity index is 1.87. The Bertz CT molecular complexity index is 644. The molecule has 2 rings (SSSR count). The van der Waals surface area contributed by atoms with Gasteiger partial charge in [-0.25, -0.2) is 9.59 Å². The Kier molecular flexibility index (Phi) is 4.77. The molecule has 1 aliphatic rings. The molecular formula is C16H20N2O6. The van der Waals surface area contributed by atoms with Crippen LogP contribution in [0.1, 0.15) is 39.2 Å². The first-order valence-corrected chi connectivity index (χ1v) is 7.53. The van der Waals surface area contributed by atoms with Crippen molar-refractivity contribution in [1.29, 1.82) is 0 Å². The van der Waals surface area contributed by atoms with Gasteiger partial charge in [-0.3, -0.25) is 10.1 Å². The summed E-state index contributed by atoms with van der Waals surface area (Å²) in [6.45, 7) is 5.19. The zero-order valence-corrected chi connectivity index (χ0v) is 13.8. The van der Waals surface area contributed by atoms with Gasteiger partial charge >= 0.3 is 12.1 Å². The van der Waals surface area contributed by atoms with Gasteiger partial charge in [0, 0.05) is 12.1 Å². The number of rotatable bonds is 5. The molecule has 0 aromatic heterocycles. The van der Waals surface area contributed by atoms with Crippen LogP contribution in [0.15, 0.2) is 24.3 Å². The van der Waals surface area contributed by atoms with Gasteiger partial charge in [0.2, 0.25) is 0 Å². The number of hydrogen-bond acceptors (Lipinski definition) is 6. The molecule has 8 nitrogen and oxygen atoms in total. The molecular weight excluding hydrogens is 316 g/mol. The van der Waals surface area contributed by atoms with Gasteiger partial charge in [0.25, 0.3) is 5.69 Å². The maximum atomic E-state index is 12.2. The first-order valence-electron chi connectivity index (χ1n) is 7.53. The number of non-ortho nitro benzene ring substituents is 1. The molecule has 0 unspecified atom stereocenters. The number of carbonyl (C=O) groups is 2. The van der Waals surface area contributed by atoms with Gasteiger partial charge in [0.1, 0.15) is 17.7 Å². The van der Waals surface area contributed by atoms with E-state index in [9.17, 15) is 19.7 Å². The number of nitro groups is 1. The number of nitrogens with zero attached hydrogens (tertiary/aromatic N) is 1. The molecule has 0 radical (unpaired) electrons. The SMILES string of the molecule is CC(C)(C)OC(=O)NC1(C(=O)OCc2ccc([N+](=O)[O-])cc2)CC1. The molecule has 0 heterocycles. The van der Waals surface area contributed by atoms with Gasteiger partial charge in [-0.1, -0.05) is 0 Å². The summed E-state index contributed by atoms with van der Waals surface area (Å²) in [4.78, 5) is 34.1. The van der Waals surface area contributed by atoms with Gasteiger partial charge in [-0.15, -0.1) is 0 Å². The first-order chi connectivity index (χ1) is 11.1. The fourth-order valence-electron chi connectivity index (χ4n) is 2.01. The van der Waals surface area contributed by atoms with Crippen molar-refractivity contribution in [3.05, 3.63) is 39.9 Å². The van der Waals surface area contributed by atoms with Crippen LogP contribution in [0, 0.1) is 10.1 Å². The normalized spacial score (nSPS) is 15.3. The monoisotopic (exact) mass is 336 g/mol. The molecule has 0 saturated heterocycles. The number of esters is 1. The molecule has 1 aromatic carbocycles. The zero-order chi connectivity index (χ0) is 18.0. The van der Waals surface area contributed by atoms with E-state index in [1.54, 1.807) is 20.8 Å². The minimum absolute atomic E-state index is 0.0193. The molecule has 0 bridgehead atoms. The minimum Gasteiger partial charge on any atom is -0.459 e. The number of benzene rings is 1. The van der Waals surface area contributed by atoms with E-state index in [0.29, 0.717) is 18.4 Å². The van der Waals surface area contributed by atoms with E-state index in [1.807, 2.05) is 0 Å². The standard InChI is InChI=1S/C16H20N2O6/c1-15(2,3)24-14(20)17-16(8-9-16)13(19)23-10-11-4-6-12(7-5-11)18(21)22/h4-7H,8-10H2,1-3H3,(H,17,20). The number of nitrogens with one attached hydrogen (secondary N) is 1. The van der Waals surface area contributed by atoms with Gasteiger partial charge in [-0.05, 0) is 51.3 Å². The summed E-state index contributed by atoms with van der Waals surface area (Å²) in [5, 5.41) is 13.1. The second-order valence-electron chi connectivity index (χ2n) is 6.71. The van der Waals surface area contributed by atoms with Gasteiger partial charge in [0.05, 0.1) is 4.92 Å². The Morgan fingerprint density at radius 2 is 1.83 bits per heavy atom. The highest BCUT2D eigenvalue weighted by atomic mass is 16.6. The molecule has 1 N–H and O–H groups in total. The molecule has 8 heteroatoms. The lowest BCUT2D eigenvalue weighted by molar-refractivity contribution is -0.384. The van der Waals surface area contributed by atoms with E-state index in [-0.39, 0.29) is 12.3 Å². The van der Waals surface area contributed by atoms with Crippen LogP contribution in [0.2, 0.25) is 0 Å². The van der Waals surface area contributed by atoms with Crippen LogP contribution in [-0.4, -0.2) is 28.1 Å². The summed E-state index contributed by atoms with van der Waals surface area (Å²) >= 11 is 0. The van der Waals surface area contributed by atoms with Crippen molar-refractivity contribution in [2.45, 2.75) is 51.4 Å². The molecule has 1 aliphatic carbocycles. The molecule has 24 heavy (non-hydrogen) atoms. The van der Waals surface area contributed by atoms with Crippen molar-refractivity contribution >= 4 is 17.7 Å². The Morgan fingerprint density at radius 1 is 1.25 bits per heavy atom. The average Bonchev–Trinajstić information content (AvgIpc) is 3.23. The number of nitro benzene ring substituents is 1. The molecule has 130 valence electrons. The smallest absolute Gasteiger partial charge is 0.408 e. The Hall–Kier alpha value is -2.64. The molecule has 0 aliphatic heterocycles. The van der Waals surface area contributed by atoms with Gasteiger partial charge in [-0.2, -0.15) is 0 Å². The van der Waals surface area contributed by atoms with Gasteiger partial charge in [0.15, 0.2) is 0 Å². The van der Waals surface area contributed by atoms with Crippen molar-refractivity contribution in [2.24, 2.45) is 0 Å². The fraction of sp³-hybridized carbons (Fsp3) is 0.500. The van der Waals surface area contributed by atoms with Crippen LogP contribution >= 0.6 is 0 Å². The van der Waals surface area contributed by atoms with Crippen LogP contribution in [0.25, 0.3) is 0 Å². The molecule has 0 spiro atoms. The summed E-state index contributed by atoms with van der Waals surface area (Å²) < 4.78 is 10.3. The summed E-state index contributed by atoms with van der Waals surface area (Å²) in [6.07, 6.45) is 0.323. The molecule has 1 fully saturated rings. The van der Waals surface area contributed by atoms with Crippen molar-refractivity contribution in [3.8, 4) is 0 Å². The van der Waals surface area contributed by atoms with Crippen molar-refractivity contribution < 1.29 is 24.0 Å². The van der Waals surface area contributed by atoms with E-state index in [4.69, 9.17) is 9.47 Å². The maximum absolute atomic E-state index is 12.2. The number of ether oxygens (including phenoxy) is 2. The highest BCUT2D eigenvalue weighted by Gasteiger charge is 2.53. The highest BCUT2D eigenvalue weighted by molar-refractivity contribution is 5.88. The summed E-state index contributed by atoms with van der Waals surface area (Å²) in [7, 11) is 0.